The SMILES string of the molecule is CCCOC(=O)c1cc(CCC(C)C)ccc1N. The lowest BCUT2D eigenvalue weighted by Gasteiger charge is -2.09. The first kappa shape index (κ1) is 14.6. The zero-order valence-corrected chi connectivity index (χ0v) is 11.5. The second kappa shape index (κ2) is 7.04. The number of ether oxygens (including phenoxy) is 1. The Morgan fingerprint density at radius 2 is 2.11 bits per heavy atom. The van der Waals surface area contributed by atoms with Crippen molar-refractivity contribution in [1.82, 2.24) is 0 Å². The molecule has 3 nitrogen and oxygen atoms in total. The average molecular weight is 249 g/mol. The number of hydrogen-bond acceptors (Lipinski definition) is 3. The van der Waals surface area contributed by atoms with Crippen molar-refractivity contribution in [2.75, 3.05) is 12.3 Å². The maximum atomic E-state index is 11.8. The smallest absolute Gasteiger partial charge is 0.340 e. The van der Waals surface area contributed by atoms with E-state index in [0.717, 1.165) is 24.8 Å². The van der Waals surface area contributed by atoms with E-state index < -0.39 is 0 Å². The van der Waals surface area contributed by atoms with Gasteiger partial charge in [-0.2, -0.15) is 0 Å². The van der Waals surface area contributed by atoms with E-state index in [1.807, 2.05) is 19.1 Å². The number of carbonyl (C=O) groups excluding carboxylic acids is 1. The fraction of sp³-hybridized carbons (Fsp3) is 0.533. The van der Waals surface area contributed by atoms with Crippen LogP contribution in [0.4, 0.5) is 5.69 Å². The van der Waals surface area contributed by atoms with Crippen molar-refractivity contribution < 1.29 is 9.53 Å². The largest absolute Gasteiger partial charge is 0.462 e. The highest BCUT2D eigenvalue weighted by Crippen LogP contribution is 2.18. The summed E-state index contributed by atoms with van der Waals surface area (Å²) in [5, 5.41) is 0. The zero-order valence-electron chi connectivity index (χ0n) is 11.5. The molecule has 0 saturated heterocycles. The second-order valence-electron chi connectivity index (χ2n) is 4.99. The summed E-state index contributed by atoms with van der Waals surface area (Å²) in [4.78, 5) is 11.8. The molecule has 0 radical (unpaired) electrons. The normalized spacial score (nSPS) is 10.7. The van der Waals surface area contributed by atoms with Crippen LogP contribution in [0, 0.1) is 5.92 Å². The van der Waals surface area contributed by atoms with Crippen molar-refractivity contribution in [1.29, 1.82) is 0 Å². The maximum Gasteiger partial charge on any atom is 0.340 e. The summed E-state index contributed by atoms with van der Waals surface area (Å²) in [7, 11) is 0. The predicted octanol–water partition coefficient (Wildman–Crippen LogP) is 3.42. The van der Waals surface area contributed by atoms with Crippen LogP contribution in [-0.2, 0) is 11.2 Å². The van der Waals surface area contributed by atoms with Crippen LogP contribution in [0.1, 0.15) is 49.5 Å². The molecule has 1 aromatic rings. The molecule has 0 spiro atoms. The van der Waals surface area contributed by atoms with Crippen molar-refractivity contribution in [3.05, 3.63) is 29.3 Å². The first-order chi connectivity index (χ1) is 8.54. The van der Waals surface area contributed by atoms with E-state index in [4.69, 9.17) is 10.5 Å². The van der Waals surface area contributed by atoms with Gasteiger partial charge < -0.3 is 10.5 Å². The van der Waals surface area contributed by atoms with E-state index in [1.54, 1.807) is 6.07 Å². The molecule has 0 heterocycles. The fourth-order valence-corrected chi connectivity index (χ4v) is 1.66. The Labute approximate surface area is 109 Å². The Morgan fingerprint density at radius 3 is 2.72 bits per heavy atom. The average Bonchev–Trinajstić information content (AvgIpc) is 2.34. The van der Waals surface area contributed by atoms with Crippen molar-refractivity contribution in [3.8, 4) is 0 Å². The summed E-state index contributed by atoms with van der Waals surface area (Å²) in [5.41, 5.74) is 7.94. The molecule has 1 rings (SSSR count). The van der Waals surface area contributed by atoms with Gasteiger partial charge in [0.05, 0.1) is 12.2 Å². The van der Waals surface area contributed by atoms with Crippen LogP contribution in [0.2, 0.25) is 0 Å². The Morgan fingerprint density at radius 1 is 1.39 bits per heavy atom. The second-order valence-corrected chi connectivity index (χ2v) is 4.99. The van der Waals surface area contributed by atoms with E-state index in [1.165, 1.54) is 0 Å². The minimum absolute atomic E-state index is 0.319. The number of hydrogen-bond donors (Lipinski definition) is 1. The quantitative estimate of drug-likeness (QED) is 0.620. The van der Waals surface area contributed by atoms with Gasteiger partial charge in [0, 0.05) is 5.69 Å². The van der Waals surface area contributed by atoms with Crippen molar-refractivity contribution in [3.63, 3.8) is 0 Å². The summed E-state index contributed by atoms with van der Waals surface area (Å²) >= 11 is 0. The molecule has 2 N–H and O–H groups in total. The lowest BCUT2D eigenvalue weighted by Crippen LogP contribution is -2.09. The Kier molecular flexibility index (Phi) is 5.69. The highest BCUT2D eigenvalue weighted by Gasteiger charge is 2.11. The molecule has 0 fully saturated rings. The van der Waals surface area contributed by atoms with Crippen LogP contribution in [-0.4, -0.2) is 12.6 Å². The third kappa shape index (κ3) is 4.40. The lowest BCUT2D eigenvalue weighted by atomic mass is 10.0. The monoisotopic (exact) mass is 249 g/mol. The van der Waals surface area contributed by atoms with Gasteiger partial charge in [0.1, 0.15) is 0 Å². The number of carbonyl (C=O) groups is 1. The molecule has 3 heteroatoms. The molecule has 0 bridgehead atoms. The highest BCUT2D eigenvalue weighted by molar-refractivity contribution is 5.95. The summed E-state index contributed by atoms with van der Waals surface area (Å²) < 4.78 is 5.12. The molecule has 0 saturated carbocycles. The fourth-order valence-electron chi connectivity index (χ4n) is 1.66. The maximum absolute atomic E-state index is 11.8. The van der Waals surface area contributed by atoms with Crippen LogP contribution < -0.4 is 5.73 Å². The van der Waals surface area contributed by atoms with Crippen molar-refractivity contribution >= 4 is 11.7 Å². The van der Waals surface area contributed by atoms with Gasteiger partial charge in [0.2, 0.25) is 0 Å². The van der Waals surface area contributed by atoms with E-state index in [-0.39, 0.29) is 5.97 Å². The Balaban J connectivity index is 2.77. The van der Waals surface area contributed by atoms with Crippen LogP contribution >= 0.6 is 0 Å². The topological polar surface area (TPSA) is 52.3 Å². The van der Waals surface area contributed by atoms with Gasteiger partial charge in [-0.25, -0.2) is 4.79 Å². The van der Waals surface area contributed by atoms with Gasteiger partial charge in [-0.15, -0.1) is 0 Å². The number of nitrogens with two attached hydrogens (primary N) is 1. The number of benzene rings is 1. The summed E-state index contributed by atoms with van der Waals surface area (Å²) in [6, 6.07) is 5.63. The van der Waals surface area contributed by atoms with Crippen LogP contribution in [0.25, 0.3) is 0 Å². The van der Waals surface area contributed by atoms with E-state index in [0.29, 0.717) is 23.8 Å². The van der Waals surface area contributed by atoms with Gasteiger partial charge in [0.15, 0.2) is 0 Å². The van der Waals surface area contributed by atoms with Gasteiger partial charge in [-0.05, 0) is 42.9 Å². The zero-order chi connectivity index (χ0) is 13.5. The summed E-state index contributed by atoms with van der Waals surface area (Å²) in [6.45, 7) is 6.78. The molecule has 1 aromatic carbocycles. The van der Waals surface area contributed by atoms with Crippen LogP contribution in [0.5, 0.6) is 0 Å². The number of aryl methyl sites for hydroxylation is 1. The van der Waals surface area contributed by atoms with E-state index in [2.05, 4.69) is 13.8 Å². The molecule has 0 aliphatic carbocycles. The lowest BCUT2D eigenvalue weighted by molar-refractivity contribution is 0.0506. The molecule has 0 amide bonds. The molecule has 0 aliphatic rings. The minimum Gasteiger partial charge on any atom is -0.462 e. The molecule has 0 atom stereocenters. The van der Waals surface area contributed by atoms with Crippen molar-refractivity contribution in [2.45, 2.75) is 40.0 Å². The number of anilines is 1. The Bertz CT molecular complexity index is 399. The molecule has 0 unspecified atom stereocenters. The third-order valence-electron chi connectivity index (χ3n) is 2.79. The predicted molar refractivity (Wildman–Crippen MR) is 74.6 cm³/mol. The van der Waals surface area contributed by atoms with Gasteiger partial charge in [0.25, 0.3) is 0 Å². The Hall–Kier alpha value is -1.51. The third-order valence-corrected chi connectivity index (χ3v) is 2.79. The molecule has 100 valence electrons. The van der Waals surface area contributed by atoms with E-state index >= 15 is 0 Å². The standard InChI is InChI=1S/C15H23NO2/c1-4-9-18-15(17)13-10-12(6-5-11(2)3)7-8-14(13)16/h7-8,10-11H,4-6,9,16H2,1-3H3. The molecular weight excluding hydrogens is 226 g/mol. The number of rotatable bonds is 6. The summed E-state index contributed by atoms with van der Waals surface area (Å²) in [6.07, 6.45) is 2.89. The van der Waals surface area contributed by atoms with E-state index in [9.17, 15) is 4.79 Å². The van der Waals surface area contributed by atoms with Crippen molar-refractivity contribution in [2.24, 2.45) is 5.92 Å². The molecular formula is C15H23NO2. The van der Waals surface area contributed by atoms with Gasteiger partial charge in [-0.1, -0.05) is 26.8 Å². The summed E-state index contributed by atoms with van der Waals surface area (Å²) in [5.74, 6) is 0.332. The highest BCUT2D eigenvalue weighted by atomic mass is 16.5. The van der Waals surface area contributed by atoms with Gasteiger partial charge >= 0.3 is 5.97 Å². The van der Waals surface area contributed by atoms with Crippen LogP contribution in [0.3, 0.4) is 0 Å². The first-order valence-corrected chi connectivity index (χ1v) is 6.60. The van der Waals surface area contributed by atoms with Crippen LogP contribution in [0.15, 0.2) is 18.2 Å². The van der Waals surface area contributed by atoms with Gasteiger partial charge in [-0.3, -0.25) is 0 Å². The first-order valence-electron chi connectivity index (χ1n) is 6.60. The molecule has 0 aromatic heterocycles. The number of nitrogen functional groups attached to an aromatic ring is 1. The molecule has 18 heavy (non-hydrogen) atoms. The molecule has 0 aliphatic heterocycles. The number of esters is 1. The minimum atomic E-state index is -0.319.